The number of nitrogens with two attached hydrogens (primary N) is 1. The van der Waals surface area contributed by atoms with Gasteiger partial charge in [-0.15, -0.1) is 0 Å². The van der Waals surface area contributed by atoms with Crippen LogP contribution in [0.15, 0.2) is 64.3 Å². The van der Waals surface area contributed by atoms with E-state index in [1.807, 2.05) is 4.90 Å². The molecule has 6 aromatic rings. The molecule has 0 bridgehead atoms. The lowest BCUT2D eigenvalue weighted by Crippen LogP contribution is -2.42. The summed E-state index contributed by atoms with van der Waals surface area (Å²) >= 11 is 12.0. The summed E-state index contributed by atoms with van der Waals surface area (Å²) in [4.78, 5) is 40.3. The average Bonchev–Trinajstić information content (AvgIpc) is 4.45. The highest BCUT2D eigenvalue weighted by Crippen LogP contribution is 2.34. The van der Waals surface area contributed by atoms with Crippen LogP contribution in [0.2, 0.25) is 5.15 Å². The van der Waals surface area contributed by atoms with Crippen molar-refractivity contribution in [1.82, 2.24) is 49.4 Å². The summed E-state index contributed by atoms with van der Waals surface area (Å²) in [5.74, 6) is -0.154. The molecule has 81 heavy (non-hydrogen) atoms. The van der Waals surface area contributed by atoms with Crippen LogP contribution >= 0.6 is 43.5 Å². The van der Waals surface area contributed by atoms with Gasteiger partial charge < -0.3 is 20.9 Å². The van der Waals surface area contributed by atoms with Crippen LogP contribution in [-0.2, 0) is 30.1 Å². The first-order valence-corrected chi connectivity index (χ1v) is 33.5. The van der Waals surface area contributed by atoms with Gasteiger partial charge in [0.2, 0.25) is 30.1 Å². The molecule has 3 aliphatic heterocycles. The Morgan fingerprint density at radius 1 is 0.568 bits per heavy atom. The standard InChI is InChI=1S/C18H22FN5O3S.C17H20BrFN4O2S.C9H18N2O2S.C8H3BrClFN2/c19-15-6-14-16(7-13(15)17(20)25)21-10-22-18(14)24-5-1-2-11(9-24)8-23-28(26,27)12-3-4-12;18-14-7-16-13(6-15(14)19)17(21-10-20-16)23-5-1-2-11(9-23)8-22-26(24,25)12-3-4-12;12-14(13,9-3-4-9)11-7-8-2-1-5-10-6-8;9-5-2-7-4(1-6(5)11)8(10)13-3-12-7/h6-7,10-12,23H,1-5,8-9H2,(H2,20,25);6-7,10-12,22H,1-5,8-9H2;8-11H,1-7H2;1-3H. The fourth-order valence-electron chi connectivity index (χ4n) is 9.95. The second kappa shape index (κ2) is 26.6. The van der Waals surface area contributed by atoms with Gasteiger partial charge in [0, 0.05) is 62.0 Å². The first-order chi connectivity index (χ1) is 38.7. The van der Waals surface area contributed by atoms with Crippen molar-refractivity contribution in [2.75, 3.05) is 68.7 Å². The summed E-state index contributed by atoms with van der Waals surface area (Å²) in [6, 6.07) is 8.56. The van der Waals surface area contributed by atoms with E-state index >= 15 is 0 Å². The normalized spacial score (nSPS) is 20.6. The maximum absolute atomic E-state index is 14.3. The molecule has 3 aliphatic carbocycles. The van der Waals surface area contributed by atoms with Crippen LogP contribution < -0.4 is 35.0 Å². The molecular formula is C52H63Br2ClF3N13O7S3. The molecule has 6 aliphatic rings. The maximum Gasteiger partial charge on any atom is 0.251 e. The molecule has 6 heterocycles. The second-order valence-corrected chi connectivity index (χ2v) is 29.4. The molecule has 29 heteroatoms. The van der Waals surface area contributed by atoms with Crippen molar-refractivity contribution in [1.29, 1.82) is 0 Å². The molecule has 3 aromatic heterocycles. The SMILES string of the molecule is Fc1cc2c(Cl)ncnc2cc1Br.NC(=O)c1cc2ncnc(N3CCCC(CNS(=O)(=O)C4CC4)C3)c2cc1F.O=S(=O)(NCC1CCCN(c2ncnc3cc(Br)c(F)cc23)C1)C1CC1.O=S(=O)(NCC1CCCNC1)C1CC1. The Labute approximate surface area is 490 Å². The monoisotopic (exact) mass is 1330 g/mol. The molecule has 6 N–H and O–H groups in total. The van der Waals surface area contributed by atoms with Crippen molar-refractivity contribution in [3.8, 4) is 0 Å². The molecule has 3 aromatic carbocycles. The number of hydrogen-bond donors (Lipinski definition) is 5. The molecule has 3 unspecified atom stereocenters. The number of carbonyl (C=O) groups excluding carboxylic acids is 1. The summed E-state index contributed by atoms with van der Waals surface area (Å²) in [6.07, 6.45) is 14.9. The number of piperidine rings is 3. The smallest absolute Gasteiger partial charge is 0.251 e. The van der Waals surface area contributed by atoms with Crippen molar-refractivity contribution in [2.24, 2.45) is 23.5 Å². The Morgan fingerprint density at radius 2 is 0.975 bits per heavy atom. The molecule has 0 spiro atoms. The molecule has 438 valence electrons. The number of nitrogens with zero attached hydrogens (tertiary/aromatic N) is 8. The number of anilines is 2. The summed E-state index contributed by atoms with van der Waals surface area (Å²) < 4.78 is 122. The van der Waals surface area contributed by atoms with Gasteiger partial charge in [0.15, 0.2) is 0 Å². The van der Waals surface area contributed by atoms with E-state index in [-0.39, 0.29) is 49.9 Å². The van der Waals surface area contributed by atoms with E-state index in [1.165, 1.54) is 43.2 Å². The number of fused-ring (bicyclic) bond motifs is 3. The minimum Gasteiger partial charge on any atom is -0.366 e. The molecule has 3 atom stereocenters. The van der Waals surface area contributed by atoms with Crippen LogP contribution in [0.3, 0.4) is 0 Å². The maximum atomic E-state index is 14.3. The van der Waals surface area contributed by atoms with Crippen LogP contribution in [0.5, 0.6) is 0 Å². The fraction of sp³-hybridized carbons (Fsp3) is 0.519. The highest BCUT2D eigenvalue weighted by Gasteiger charge is 2.38. The van der Waals surface area contributed by atoms with E-state index < -0.39 is 41.8 Å². The van der Waals surface area contributed by atoms with Crippen molar-refractivity contribution in [2.45, 2.75) is 92.8 Å². The number of rotatable bonds is 15. The number of halogens is 6. The number of primary amides is 1. The number of carbonyl (C=O) groups is 1. The predicted molar refractivity (Wildman–Crippen MR) is 313 cm³/mol. The Hall–Kier alpha value is -4.52. The van der Waals surface area contributed by atoms with Crippen molar-refractivity contribution in [3.63, 3.8) is 0 Å². The molecule has 6 fully saturated rings. The number of aromatic nitrogens is 6. The quantitative estimate of drug-likeness (QED) is 0.0633. The van der Waals surface area contributed by atoms with Crippen LogP contribution in [-0.4, -0.2) is 136 Å². The zero-order valence-corrected chi connectivity index (χ0v) is 50.4. The number of amides is 1. The van der Waals surface area contributed by atoms with Gasteiger partial charge in [-0.05, 0) is 176 Å². The van der Waals surface area contributed by atoms with Gasteiger partial charge in [-0.2, -0.15) is 0 Å². The summed E-state index contributed by atoms with van der Waals surface area (Å²) in [6.45, 7) is 6.32. The average molecular weight is 1330 g/mol. The zero-order valence-electron chi connectivity index (χ0n) is 44.0. The van der Waals surface area contributed by atoms with Crippen LogP contribution in [0.25, 0.3) is 32.7 Å². The van der Waals surface area contributed by atoms with Gasteiger partial charge in [-0.25, -0.2) is 82.5 Å². The largest absolute Gasteiger partial charge is 0.366 e. The molecule has 20 nitrogen and oxygen atoms in total. The Balaban J connectivity index is 0.000000137. The summed E-state index contributed by atoms with van der Waals surface area (Å²) in [5.41, 5.74) is 6.75. The van der Waals surface area contributed by atoms with E-state index in [0.29, 0.717) is 91.9 Å². The minimum absolute atomic E-state index is 0.0842. The van der Waals surface area contributed by atoms with Gasteiger partial charge in [0.1, 0.15) is 53.2 Å². The van der Waals surface area contributed by atoms with Crippen molar-refractivity contribution in [3.05, 3.63) is 92.5 Å². The van der Waals surface area contributed by atoms with Gasteiger partial charge in [0.25, 0.3) is 5.91 Å². The third-order valence-electron chi connectivity index (χ3n) is 14.9. The first-order valence-electron chi connectivity index (χ1n) is 26.9. The number of sulfonamides is 3. The third-order valence-corrected chi connectivity index (χ3v) is 22.2. The summed E-state index contributed by atoms with van der Waals surface area (Å²) in [5, 5.41) is 4.72. The number of nitrogens with one attached hydrogen (secondary N) is 4. The minimum atomic E-state index is -3.21. The highest BCUT2D eigenvalue weighted by atomic mass is 79.9. The predicted octanol–water partition coefficient (Wildman–Crippen LogP) is 7.25. The summed E-state index contributed by atoms with van der Waals surface area (Å²) in [7, 11) is -9.34. The third kappa shape index (κ3) is 16.2. The van der Waals surface area contributed by atoms with E-state index in [2.05, 4.69) is 86.1 Å². The number of hydrogen-bond acceptors (Lipinski definition) is 16. The molecule has 0 radical (unpaired) electrons. The van der Waals surface area contributed by atoms with Gasteiger partial charge in [-0.1, -0.05) is 11.6 Å². The Kier molecular flexibility index (Phi) is 20.0. The van der Waals surface area contributed by atoms with Crippen LogP contribution in [0.1, 0.15) is 87.4 Å². The van der Waals surface area contributed by atoms with E-state index in [4.69, 9.17) is 17.3 Å². The first kappa shape index (κ1) is 61.1. The van der Waals surface area contributed by atoms with Crippen LogP contribution in [0.4, 0.5) is 24.8 Å². The molecule has 12 rings (SSSR count). The highest BCUT2D eigenvalue weighted by molar-refractivity contribution is 9.10. The Bertz CT molecular complexity index is 3610. The molecular weight excluding hydrogens is 1270 g/mol. The number of benzene rings is 3. The van der Waals surface area contributed by atoms with E-state index in [9.17, 15) is 43.2 Å². The lowest BCUT2D eigenvalue weighted by atomic mass is 9.98. The van der Waals surface area contributed by atoms with Gasteiger partial charge >= 0.3 is 0 Å². The zero-order chi connectivity index (χ0) is 57.6. The lowest BCUT2D eigenvalue weighted by molar-refractivity contribution is 0.0996. The van der Waals surface area contributed by atoms with Crippen molar-refractivity contribution < 1.29 is 43.2 Å². The Morgan fingerprint density at radius 3 is 1.42 bits per heavy atom. The second-order valence-electron chi connectivity index (χ2n) is 21.2. The molecule has 1 amide bonds. The lowest BCUT2D eigenvalue weighted by Gasteiger charge is -2.34. The van der Waals surface area contributed by atoms with Gasteiger partial charge in [0.05, 0.1) is 46.8 Å². The van der Waals surface area contributed by atoms with Crippen LogP contribution in [0, 0.1) is 35.2 Å². The van der Waals surface area contributed by atoms with Gasteiger partial charge in [-0.3, -0.25) is 4.79 Å². The van der Waals surface area contributed by atoms with Crippen molar-refractivity contribution >= 4 is 124 Å². The fourth-order valence-corrected chi connectivity index (χ4v) is 15.2. The molecule has 3 saturated heterocycles. The van der Waals surface area contributed by atoms with E-state index in [0.717, 1.165) is 103 Å². The topological polar surface area (TPSA) is 277 Å². The molecule has 3 saturated carbocycles. The van der Waals surface area contributed by atoms with E-state index in [1.54, 1.807) is 12.1 Å².